The minimum atomic E-state index is -3.30. The first kappa shape index (κ1) is 17.8. The summed E-state index contributed by atoms with van der Waals surface area (Å²) in [6.45, 7) is 2.43. The number of rotatable bonds is 2. The highest BCUT2D eigenvalue weighted by atomic mass is 32.2. The van der Waals surface area contributed by atoms with Crippen LogP contribution in [0, 0.1) is 0 Å². The summed E-state index contributed by atoms with van der Waals surface area (Å²) in [5.74, 6) is -0.505. The number of hydrogen-bond donors (Lipinski definition) is 0. The molecular formula is C18H20N4O4S. The zero-order chi connectivity index (χ0) is 19.2. The van der Waals surface area contributed by atoms with E-state index in [2.05, 4.69) is 9.97 Å². The first-order valence-electron chi connectivity index (χ1n) is 8.91. The monoisotopic (exact) mass is 388 g/mol. The molecule has 0 spiro atoms. The van der Waals surface area contributed by atoms with E-state index in [1.807, 2.05) is 0 Å². The number of hydrogen-bond acceptors (Lipinski definition) is 6. The van der Waals surface area contributed by atoms with E-state index >= 15 is 0 Å². The Balaban J connectivity index is 1.66. The third kappa shape index (κ3) is 3.16. The van der Waals surface area contributed by atoms with Crippen molar-refractivity contribution in [2.45, 2.75) is 25.4 Å². The third-order valence-corrected chi connectivity index (χ3v) is 6.97. The number of aromatic nitrogens is 2. The molecule has 0 N–H and O–H groups in total. The van der Waals surface area contributed by atoms with E-state index in [9.17, 15) is 18.0 Å². The van der Waals surface area contributed by atoms with Gasteiger partial charge in [0.05, 0.1) is 34.6 Å². The first-order valence-corrected chi connectivity index (χ1v) is 10.7. The smallest absolute Gasteiger partial charge is 0.254 e. The fourth-order valence-electron chi connectivity index (χ4n) is 3.98. The molecule has 2 aromatic rings. The van der Waals surface area contributed by atoms with Gasteiger partial charge in [-0.25, -0.2) is 8.42 Å². The predicted molar refractivity (Wildman–Crippen MR) is 98.8 cm³/mol. The van der Waals surface area contributed by atoms with Crippen molar-refractivity contribution in [1.29, 1.82) is 0 Å². The Bertz CT molecular complexity index is 1020. The number of sulfone groups is 1. The average Bonchev–Trinajstić information content (AvgIpc) is 3.00. The molecule has 3 heterocycles. The number of benzene rings is 1. The summed E-state index contributed by atoms with van der Waals surface area (Å²) in [4.78, 5) is 37.0. The third-order valence-electron chi connectivity index (χ3n) is 5.28. The molecule has 8 nitrogen and oxygen atoms in total. The van der Waals surface area contributed by atoms with Crippen molar-refractivity contribution in [2.24, 2.45) is 0 Å². The van der Waals surface area contributed by atoms with Crippen molar-refractivity contribution in [1.82, 2.24) is 19.8 Å². The van der Waals surface area contributed by atoms with Crippen molar-refractivity contribution < 1.29 is 18.0 Å². The van der Waals surface area contributed by atoms with E-state index in [1.54, 1.807) is 47.3 Å². The molecule has 2 fully saturated rings. The average molecular weight is 388 g/mol. The standard InChI is InChI=1S/C18H20N4O4S/c1-2-17(23)21-7-8-22(16-11-27(25,26)10-15(16)21)18(24)12-3-4-13-14(9-12)20-6-5-19-13/h3-6,9,15-16H,2,7-8,10-11H2,1H3/t15-,16+/m0/s1. The van der Waals surface area contributed by atoms with Crippen LogP contribution in [0.3, 0.4) is 0 Å². The van der Waals surface area contributed by atoms with Crippen molar-refractivity contribution in [2.75, 3.05) is 24.6 Å². The number of amides is 2. The Morgan fingerprint density at radius 1 is 1.04 bits per heavy atom. The van der Waals surface area contributed by atoms with Crippen LogP contribution in [0.15, 0.2) is 30.6 Å². The summed E-state index contributed by atoms with van der Waals surface area (Å²) in [7, 11) is -3.30. The lowest BCUT2D eigenvalue weighted by molar-refractivity contribution is -0.135. The van der Waals surface area contributed by atoms with Crippen LogP contribution in [0.4, 0.5) is 0 Å². The lowest BCUT2D eigenvalue weighted by atomic mass is 10.0. The van der Waals surface area contributed by atoms with Gasteiger partial charge in [0.2, 0.25) is 5.91 Å². The van der Waals surface area contributed by atoms with Crippen LogP contribution in [0.1, 0.15) is 23.7 Å². The maximum absolute atomic E-state index is 13.1. The maximum Gasteiger partial charge on any atom is 0.254 e. The van der Waals surface area contributed by atoms with E-state index in [4.69, 9.17) is 0 Å². The Kier molecular flexibility index (Phi) is 4.33. The van der Waals surface area contributed by atoms with Crippen molar-refractivity contribution in [3.63, 3.8) is 0 Å². The minimum Gasteiger partial charge on any atom is -0.335 e. The van der Waals surface area contributed by atoms with E-state index < -0.39 is 21.9 Å². The van der Waals surface area contributed by atoms with Crippen LogP contribution in [0.5, 0.6) is 0 Å². The second-order valence-corrected chi connectivity index (χ2v) is 9.06. The van der Waals surface area contributed by atoms with Gasteiger partial charge in [-0.3, -0.25) is 19.6 Å². The van der Waals surface area contributed by atoms with Gasteiger partial charge in [0, 0.05) is 37.5 Å². The molecule has 27 heavy (non-hydrogen) atoms. The van der Waals surface area contributed by atoms with Crippen LogP contribution in [0.25, 0.3) is 11.0 Å². The largest absolute Gasteiger partial charge is 0.335 e. The van der Waals surface area contributed by atoms with Crippen LogP contribution < -0.4 is 0 Å². The summed E-state index contributed by atoms with van der Waals surface area (Å²) in [5.41, 5.74) is 1.74. The number of nitrogens with zero attached hydrogens (tertiary/aromatic N) is 4. The number of carbonyl (C=O) groups excluding carboxylic acids is 2. The Morgan fingerprint density at radius 3 is 2.37 bits per heavy atom. The van der Waals surface area contributed by atoms with E-state index in [-0.39, 0.29) is 23.3 Å². The molecular weight excluding hydrogens is 368 g/mol. The summed E-state index contributed by atoms with van der Waals surface area (Å²) < 4.78 is 24.5. The SMILES string of the molecule is CCC(=O)N1CCN(C(=O)c2ccc3nccnc3c2)[C@@H]2CS(=O)(=O)C[C@@H]21. The van der Waals surface area contributed by atoms with Crippen molar-refractivity contribution >= 4 is 32.7 Å². The Hall–Kier alpha value is -2.55. The Labute approximate surface area is 157 Å². The predicted octanol–water partition coefficient (Wildman–Crippen LogP) is 0.490. The summed E-state index contributed by atoms with van der Waals surface area (Å²) in [6, 6.07) is 4.10. The van der Waals surface area contributed by atoms with Crippen LogP contribution >= 0.6 is 0 Å². The molecule has 2 amide bonds. The fraction of sp³-hybridized carbons (Fsp3) is 0.444. The van der Waals surface area contributed by atoms with E-state index in [0.717, 1.165) is 0 Å². The van der Waals surface area contributed by atoms with Gasteiger partial charge >= 0.3 is 0 Å². The summed E-state index contributed by atoms with van der Waals surface area (Å²) >= 11 is 0. The van der Waals surface area contributed by atoms with Gasteiger partial charge < -0.3 is 9.80 Å². The van der Waals surface area contributed by atoms with Gasteiger partial charge in [0.1, 0.15) is 0 Å². The van der Waals surface area contributed by atoms with Gasteiger partial charge in [-0.05, 0) is 18.2 Å². The zero-order valence-corrected chi connectivity index (χ0v) is 15.7. The highest BCUT2D eigenvalue weighted by Crippen LogP contribution is 2.29. The quantitative estimate of drug-likeness (QED) is 0.742. The lowest BCUT2D eigenvalue weighted by Crippen LogP contribution is -2.61. The molecule has 9 heteroatoms. The van der Waals surface area contributed by atoms with E-state index in [0.29, 0.717) is 36.1 Å². The number of fused-ring (bicyclic) bond motifs is 2. The fourth-order valence-corrected chi connectivity index (χ4v) is 5.96. The lowest BCUT2D eigenvalue weighted by Gasteiger charge is -2.43. The van der Waals surface area contributed by atoms with E-state index in [1.165, 1.54) is 0 Å². The minimum absolute atomic E-state index is 0.0739. The molecule has 142 valence electrons. The second kappa shape index (κ2) is 6.56. The maximum atomic E-state index is 13.1. The van der Waals surface area contributed by atoms with Gasteiger partial charge in [0.15, 0.2) is 9.84 Å². The molecule has 0 saturated carbocycles. The van der Waals surface area contributed by atoms with Gasteiger partial charge in [0.25, 0.3) is 5.91 Å². The van der Waals surface area contributed by atoms with Gasteiger partial charge in [-0.1, -0.05) is 6.92 Å². The first-order chi connectivity index (χ1) is 12.9. The molecule has 0 bridgehead atoms. The molecule has 2 atom stereocenters. The number of piperazine rings is 1. The van der Waals surface area contributed by atoms with Gasteiger partial charge in [-0.2, -0.15) is 0 Å². The molecule has 4 rings (SSSR count). The topological polar surface area (TPSA) is 101 Å². The van der Waals surface area contributed by atoms with Crippen LogP contribution in [-0.2, 0) is 14.6 Å². The molecule has 2 saturated heterocycles. The molecule has 0 aliphatic carbocycles. The van der Waals surface area contributed by atoms with Crippen molar-refractivity contribution in [3.8, 4) is 0 Å². The summed E-state index contributed by atoms with van der Waals surface area (Å²) in [6.07, 6.45) is 3.47. The Morgan fingerprint density at radius 2 is 1.67 bits per heavy atom. The molecule has 1 aromatic carbocycles. The molecule has 0 radical (unpaired) electrons. The highest BCUT2D eigenvalue weighted by Gasteiger charge is 2.49. The van der Waals surface area contributed by atoms with Crippen LogP contribution in [-0.4, -0.2) is 76.7 Å². The van der Waals surface area contributed by atoms with Crippen molar-refractivity contribution in [3.05, 3.63) is 36.2 Å². The molecule has 2 aliphatic rings. The molecule has 1 aromatic heterocycles. The van der Waals surface area contributed by atoms with Gasteiger partial charge in [-0.15, -0.1) is 0 Å². The summed E-state index contributed by atoms with van der Waals surface area (Å²) in [5, 5.41) is 0. The molecule has 0 unspecified atom stereocenters. The number of carbonyl (C=O) groups is 2. The van der Waals surface area contributed by atoms with Crippen LogP contribution in [0.2, 0.25) is 0 Å². The normalized spacial score (nSPS) is 24.0. The zero-order valence-electron chi connectivity index (χ0n) is 14.9. The second-order valence-electron chi connectivity index (χ2n) is 6.91. The molecule has 2 aliphatic heterocycles. The highest BCUT2D eigenvalue weighted by molar-refractivity contribution is 7.91.